The average molecular weight is 355 g/mol. The predicted octanol–water partition coefficient (Wildman–Crippen LogP) is 4.75. The zero-order chi connectivity index (χ0) is 18.5. The van der Waals surface area contributed by atoms with E-state index in [1.165, 1.54) is 37.5 Å². The van der Waals surface area contributed by atoms with Crippen LogP contribution in [0.15, 0.2) is 42.5 Å². The molecule has 0 saturated heterocycles. The molecule has 0 aromatic heterocycles. The number of benzene rings is 2. The maximum absolute atomic E-state index is 12.2. The first-order chi connectivity index (χ1) is 12.5. The van der Waals surface area contributed by atoms with Crippen molar-refractivity contribution in [1.82, 2.24) is 0 Å². The molecule has 0 spiro atoms. The van der Waals surface area contributed by atoms with E-state index >= 15 is 0 Å². The molecule has 0 aliphatic heterocycles. The van der Waals surface area contributed by atoms with Crippen molar-refractivity contribution < 1.29 is 24.5 Å². The van der Waals surface area contributed by atoms with Crippen molar-refractivity contribution in [3.8, 4) is 11.5 Å². The summed E-state index contributed by atoms with van der Waals surface area (Å²) in [5.41, 5.74) is 1.06. The van der Waals surface area contributed by atoms with Crippen molar-refractivity contribution >= 4 is 17.7 Å². The molecule has 0 heterocycles. The number of aromatic hydroxyl groups is 1. The molecule has 2 aromatic carbocycles. The maximum atomic E-state index is 12.2. The van der Waals surface area contributed by atoms with Gasteiger partial charge in [-0.1, -0.05) is 37.5 Å². The highest BCUT2D eigenvalue weighted by molar-refractivity contribution is 5.93. The third kappa shape index (κ3) is 4.14. The van der Waals surface area contributed by atoms with Crippen LogP contribution in [0, 0.1) is 0 Å². The Morgan fingerprint density at radius 1 is 1.04 bits per heavy atom. The summed E-state index contributed by atoms with van der Waals surface area (Å²) in [7, 11) is 0. The second-order valence-electron chi connectivity index (χ2n) is 6.42. The van der Waals surface area contributed by atoms with Gasteiger partial charge in [-0.2, -0.15) is 0 Å². The lowest BCUT2D eigenvalue weighted by Crippen LogP contribution is -2.18. The van der Waals surface area contributed by atoms with Crippen molar-refractivity contribution in [3.63, 3.8) is 0 Å². The highest BCUT2D eigenvalue weighted by Gasteiger charge is 2.20. The van der Waals surface area contributed by atoms with Crippen LogP contribution in [0.1, 0.15) is 53.9 Å². The van der Waals surface area contributed by atoms with Gasteiger partial charge in [-0.05, 0) is 42.5 Å². The lowest BCUT2D eigenvalue weighted by Gasteiger charge is -2.23. The number of carboxylic acid groups (broad SMARTS) is 1. The number of hydrogen-bond acceptors (Lipinski definition) is 4. The summed E-state index contributed by atoms with van der Waals surface area (Å²) >= 11 is 0. The molecule has 6 heteroatoms. The summed E-state index contributed by atoms with van der Waals surface area (Å²) in [4.78, 5) is 23.1. The van der Waals surface area contributed by atoms with Gasteiger partial charge in [0.2, 0.25) is 0 Å². The van der Waals surface area contributed by atoms with Crippen LogP contribution in [0.25, 0.3) is 0 Å². The van der Waals surface area contributed by atoms with Crippen LogP contribution in [0.2, 0.25) is 0 Å². The van der Waals surface area contributed by atoms with Crippen LogP contribution >= 0.6 is 0 Å². The SMILES string of the molecule is O=C(Nc1ccc(C(=O)O)c(O)c1)Oc1ccccc1C1CCCCC1. The van der Waals surface area contributed by atoms with Gasteiger partial charge in [-0.3, -0.25) is 5.32 Å². The minimum absolute atomic E-state index is 0.230. The molecule has 0 unspecified atom stereocenters. The number of carbonyl (C=O) groups is 2. The van der Waals surface area contributed by atoms with E-state index in [-0.39, 0.29) is 11.3 Å². The molecule has 1 aliphatic rings. The monoisotopic (exact) mass is 355 g/mol. The topological polar surface area (TPSA) is 95.9 Å². The molecule has 0 atom stereocenters. The first-order valence-electron chi connectivity index (χ1n) is 8.68. The molecule has 136 valence electrons. The fourth-order valence-corrected chi connectivity index (χ4v) is 3.36. The standard InChI is InChI=1S/C20H21NO5/c22-17-12-14(10-11-16(17)19(23)24)21-20(25)26-18-9-5-4-8-15(18)13-6-2-1-3-7-13/h4-5,8-13,22H,1-3,6-7H2,(H,21,25)(H,23,24). The first-order valence-corrected chi connectivity index (χ1v) is 8.68. The van der Waals surface area contributed by atoms with Crippen molar-refractivity contribution in [2.75, 3.05) is 5.32 Å². The number of anilines is 1. The van der Waals surface area contributed by atoms with Gasteiger partial charge in [0.1, 0.15) is 17.1 Å². The Bertz CT molecular complexity index is 812. The van der Waals surface area contributed by atoms with E-state index in [4.69, 9.17) is 9.84 Å². The molecule has 0 bridgehead atoms. The number of hydrogen-bond donors (Lipinski definition) is 3. The highest BCUT2D eigenvalue weighted by Crippen LogP contribution is 2.37. The van der Waals surface area contributed by atoms with E-state index in [0.29, 0.717) is 11.7 Å². The zero-order valence-electron chi connectivity index (χ0n) is 14.3. The second-order valence-corrected chi connectivity index (χ2v) is 6.42. The fraction of sp³-hybridized carbons (Fsp3) is 0.300. The molecule has 3 rings (SSSR count). The second kappa shape index (κ2) is 7.91. The van der Waals surface area contributed by atoms with Crippen molar-refractivity contribution in [1.29, 1.82) is 0 Å². The van der Waals surface area contributed by atoms with E-state index in [0.717, 1.165) is 18.4 Å². The molecular formula is C20H21NO5. The fourth-order valence-electron chi connectivity index (χ4n) is 3.36. The molecule has 6 nitrogen and oxygen atoms in total. The summed E-state index contributed by atoms with van der Waals surface area (Å²) in [5.74, 6) is -0.731. The average Bonchev–Trinajstić information content (AvgIpc) is 2.62. The molecule has 1 amide bonds. The molecule has 2 aromatic rings. The number of rotatable bonds is 4. The Kier molecular flexibility index (Phi) is 5.41. The maximum Gasteiger partial charge on any atom is 0.417 e. The van der Waals surface area contributed by atoms with Gasteiger partial charge in [-0.25, -0.2) is 9.59 Å². The molecule has 3 N–H and O–H groups in total. The van der Waals surface area contributed by atoms with Crippen molar-refractivity contribution in [2.45, 2.75) is 38.0 Å². The summed E-state index contributed by atoms with van der Waals surface area (Å²) in [6, 6.07) is 11.3. The van der Waals surface area contributed by atoms with Crippen molar-refractivity contribution in [3.05, 3.63) is 53.6 Å². The minimum atomic E-state index is -1.24. The van der Waals surface area contributed by atoms with Gasteiger partial charge in [0.05, 0.1) is 0 Å². The Morgan fingerprint density at radius 3 is 2.46 bits per heavy atom. The van der Waals surface area contributed by atoms with Gasteiger partial charge < -0.3 is 14.9 Å². The Labute approximate surface area is 151 Å². The van der Waals surface area contributed by atoms with Crippen LogP contribution in [0.3, 0.4) is 0 Å². The highest BCUT2D eigenvalue weighted by atomic mass is 16.6. The number of carboxylic acids is 1. The molecule has 1 fully saturated rings. The molecule has 26 heavy (non-hydrogen) atoms. The van der Waals surface area contributed by atoms with Crippen LogP contribution in [0.5, 0.6) is 11.5 Å². The van der Waals surface area contributed by atoms with E-state index in [9.17, 15) is 14.7 Å². The minimum Gasteiger partial charge on any atom is -0.507 e. The van der Waals surface area contributed by atoms with E-state index in [1.54, 1.807) is 6.07 Å². The van der Waals surface area contributed by atoms with Crippen LogP contribution in [-0.2, 0) is 0 Å². The number of phenols is 1. The Balaban J connectivity index is 1.70. The molecule has 1 aliphatic carbocycles. The number of nitrogens with one attached hydrogen (secondary N) is 1. The van der Waals surface area contributed by atoms with Crippen molar-refractivity contribution in [2.24, 2.45) is 0 Å². The van der Waals surface area contributed by atoms with Gasteiger partial charge in [0, 0.05) is 11.8 Å². The smallest absolute Gasteiger partial charge is 0.417 e. The number of para-hydroxylation sites is 1. The summed E-state index contributed by atoms with van der Waals surface area (Å²) in [6.45, 7) is 0. The number of ether oxygens (including phenoxy) is 1. The van der Waals surface area contributed by atoms with Crippen LogP contribution in [0.4, 0.5) is 10.5 Å². The zero-order valence-corrected chi connectivity index (χ0v) is 14.3. The number of carbonyl (C=O) groups excluding carboxylic acids is 1. The van der Waals surface area contributed by atoms with E-state index in [1.807, 2.05) is 18.2 Å². The summed E-state index contributed by atoms with van der Waals surface area (Å²) in [5, 5.41) is 21.1. The lowest BCUT2D eigenvalue weighted by molar-refractivity contribution is 0.0693. The Morgan fingerprint density at radius 2 is 1.77 bits per heavy atom. The summed E-state index contributed by atoms with van der Waals surface area (Å²) in [6.07, 6.45) is 5.10. The predicted molar refractivity (Wildman–Crippen MR) is 97.0 cm³/mol. The number of amides is 1. The van der Waals surface area contributed by atoms with Gasteiger partial charge >= 0.3 is 12.1 Å². The van der Waals surface area contributed by atoms with Gasteiger partial charge in [0.25, 0.3) is 0 Å². The van der Waals surface area contributed by atoms with E-state index < -0.39 is 17.8 Å². The lowest BCUT2D eigenvalue weighted by atomic mass is 9.84. The molecule has 1 saturated carbocycles. The Hall–Kier alpha value is -3.02. The number of aromatic carboxylic acids is 1. The van der Waals surface area contributed by atoms with Gasteiger partial charge in [0.15, 0.2) is 0 Å². The third-order valence-corrected chi connectivity index (χ3v) is 4.64. The van der Waals surface area contributed by atoms with Gasteiger partial charge in [-0.15, -0.1) is 0 Å². The van der Waals surface area contributed by atoms with E-state index in [2.05, 4.69) is 5.32 Å². The molecular weight excluding hydrogens is 334 g/mol. The largest absolute Gasteiger partial charge is 0.507 e. The first kappa shape index (κ1) is 17.8. The summed E-state index contributed by atoms with van der Waals surface area (Å²) < 4.78 is 5.47. The normalized spacial score (nSPS) is 14.6. The quantitative estimate of drug-likeness (QED) is 0.735. The van der Waals surface area contributed by atoms with Crippen LogP contribution < -0.4 is 10.1 Å². The molecule has 0 radical (unpaired) electrons. The van der Waals surface area contributed by atoms with Crippen LogP contribution in [-0.4, -0.2) is 22.3 Å². The third-order valence-electron chi connectivity index (χ3n) is 4.64.